The topological polar surface area (TPSA) is 12.0 Å². The van der Waals surface area contributed by atoms with E-state index in [1.165, 1.54) is 11.6 Å². The van der Waals surface area contributed by atoms with Crippen molar-refractivity contribution in [2.45, 2.75) is 19.4 Å². The fourth-order valence-corrected chi connectivity index (χ4v) is 2.46. The third-order valence-electron chi connectivity index (χ3n) is 2.79. The maximum Gasteiger partial charge on any atom is 0.123 e. The van der Waals surface area contributed by atoms with E-state index in [4.69, 9.17) is 0 Å². The van der Waals surface area contributed by atoms with E-state index in [1.807, 2.05) is 6.07 Å². The van der Waals surface area contributed by atoms with Crippen LogP contribution in [0.2, 0.25) is 0 Å². The van der Waals surface area contributed by atoms with Gasteiger partial charge in [-0.15, -0.1) is 0 Å². The van der Waals surface area contributed by atoms with E-state index in [0.29, 0.717) is 0 Å². The van der Waals surface area contributed by atoms with E-state index >= 15 is 0 Å². The van der Waals surface area contributed by atoms with E-state index in [0.717, 1.165) is 18.5 Å². The molecule has 0 radical (unpaired) electrons. The highest BCUT2D eigenvalue weighted by molar-refractivity contribution is 7.07. The Morgan fingerprint density at radius 3 is 2.94 bits per heavy atom. The van der Waals surface area contributed by atoms with Gasteiger partial charge in [-0.2, -0.15) is 11.3 Å². The van der Waals surface area contributed by atoms with Crippen LogP contribution in [0.3, 0.4) is 0 Å². The third kappa shape index (κ3) is 3.65. The molecule has 2 aromatic rings. The molecule has 0 saturated carbocycles. The Morgan fingerprint density at radius 1 is 1.35 bits per heavy atom. The van der Waals surface area contributed by atoms with Gasteiger partial charge in [0.2, 0.25) is 0 Å². The van der Waals surface area contributed by atoms with E-state index < -0.39 is 0 Å². The molecule has 1 atom stereocenters. The highest BCUT2D eigenvalue weighted by Crippen LogP contribution is 2.13. The number of halogens is 1. The second-order valence-electron chi connectivity index (χ2n) is 4.11. The molecule has 3 heteroatoms. The van der Waals surface area contributed by atoms with Crippen LogP contribution in [0.5, 0.6) is 0 Å². The Kier molecular flexibility index (Phi) is 4.29. The van der Waals surface area contributed by atoms with Crippen LogP contribution in [0.25, 0.3) is 0 Å². The average molecular weight is 249 g/mol. The van der Waals surface area contributed by atoms with Gasteiger partial charge in [0.05, 0.1) is 0 Å². The van der Waals surface area contributed by atoms with Crippen molar-refractivity contribution >= 4 is 11.3 Å². The number of hydrogen-bond acceptors (Lipinski definition) is 2. The molecule has 0 aliphatic heterocycles. The molecule has 0 unspecified atom stereocenters. The Bertz CT molecular complexity index is 453. The second-order valence-corrected chi connectivity index (χ2v) is 4.89. The molecule has 1 aromatic carbocycles. The van der Waals surface area contributed by atoms with E-state index in [9.17, 15) is 4.39 Å². The summed E-state index contributed by atoms with van der Waals surface area (Å²) in [6.07, 6.45) is 1.02. The molecule has 0 bridgehead atoms. The molecule has 0 fully saturated rings. The number of rotatable bonds is 5. The fourth-order valence-electron chi connectivity index (χ4n) is 1.76. The molecule has 1 nitrogen and oxygen atoms in total. The maximum absolute atomic E-state index is 13.0. The summed E-state index contributed by atoms with van der Waals surface area (Å²) in [7, 11) is 0. The summed E-state index contributed by atoms with van der Waals surface area (Å²) < 4.78 is 13.0. The van der Waals surface area contributed by atoms with Crippen molar-refractivity contribution in [3.05, 3.63) is 58.0 Å². The highest BCUT2D eigenvalue weighted by Gasteiger charge is 2.05. The maximum atomic E-state index is 13.0. The number of benzene rings is 1. The Balaban J connectivity index is 1.83. The zero-order valence-electron chi connectivity index (χ0n) is 9.82. The van der Waals surface area contributed by atoms with Gasteiger partial charge in [0.25, 0.3) is 0 Å². The van der Waals surface area contributed by atoms with Crippen molar-refractivity contribution in [1.82, 2.24) is 5.32 Å². The summed E-state index contributed by atoms with van der Waals surface area (Å²) in [5.41, 5.74) is 2.35. The number of thiophene rings is 1. The number of hydrogen-bond donors (Lipinski definition) is 1. The minimum absolute atomic E-state index is 0.172. The van der Waals surface area contributed by atoms with Crippen LogP contribution < -0.4 is 5.32 Å². The zero-order chi connectivity index (χ0) is 12.1. The minimum atomic E-state index is -0.172. The van der Waals surface area contributed by atoms with E-state index in [1.54, 1.807) is 23.5 Å². The van der Waals surface area contributed by atoms with Gasteiger partial charge >= 0.3 is 0 Å². The molecule has 0 aliphatic carbocycles. The quantitative estimate of drug-likeness (QED) is 0.850. The molecule has 2 rings (SSSR count). The van der Waals surface area contributed by atoms with Gasteiger partial charge in [0.1, 0.15) is 5.82 Å². The van der Waals surface area contributed by atoms with Crippen LogP contribution in [-0.4, -0.2) is 6.54 Å². The standard InChI is InChI=1S/C14H16FNS/c1-11(13-3-2-4-14(15)9-13)16-7-5-12-6-8-17-10-12/h2-4,6,8-11,16H,5,7H2,1H3/t11-/m0/s1. The molecule has 0 saturated heterocycles. The van der Waals surface area contributed by atoms with Crippen molar-refractivity contribution in [3.63, 3.8) is 0 Å². The molecular weight excluding hydrogens is 233 g/mol. The SMILES string of the molecule is C[C@H](NCCc1ccsc1)c1cccc(F)c1. The minimum Gasteiger partial charge on any atom is -0.310 e. The van der Waals surface area contributed by atoms with Gasteiger partial charge in [0.15, 0.2) is 0 Å². The van der Waals surface area contributed by atoms with Gasteiger partial charge in [0, 0.05) is 6.04 Å². The summed E-state index contributed by atoms with van der Waals surface area (Å²) in [5, 5.41) is 7.65. The van der Waals surface area contributed by atoms with Gasteiger partial charge in [-0.25, -0.2) is 4.39 Å². The summed E-state index contributed by atoms with van der Waals surface area (Å²) in [4.78, 5) is 0. The first-order valence-electron chi connectivity index (χ1n) is 5.75. The first-order chi connectivity index (χ1) is 8.25. The predicted octanol–water partition coefficient (Wildman–Crippen LogP) is 3.78. The Morgan fingerprint density at radius 2 is 2.24 bits per heavy atom. The molecule has 1 aromatic heterocycles. The summed E-state index contributed by atoms with van der Waals surface area (Å²) in [5.74, 6) is -0.172. The number of nitrogens with one attached hydrogen (secondary N) is 1. The average Bonchev–Trinajstić information content (AvgIpc) is 2.82. The van der Waals surface area contributed by atoms with Crippen molar-refractivity contribution in [2.24, 2.45) is 0 Å². The summed E-state index contributed by atoms with van der Waals surface area (Å²) in [6.45, 7) is 2.97. The lowest BCUT2D eigenvalue weighted by Crippen LogP contribution is -2.21. The lowest BCUT2D eigenvalue weighted by atomic mass is 10.1. The van der Waals surface area contributed by atoms with Gasteiger partial charge in [-0.3, -0.25) is 0 Å². The summed E-state index contributed by atoms with van der Waals surface area (Å²) in [6, 6.07) is 9.08. The van der Waals surface area contributed by atoms with Crippen LogP contribution in [0.15, 0.2) is 41.1 Å². The zero-order valence-corrected chi connectivity index (χ0v) is 10.6. The van der Waals surface area contributed by atoms with Gasteiger partial charge < -0.3 is 5.32 Å². The smallest absolute Gasteiger partial charge is 0.123 e. The van der Waals surface area contributed by atoms with Crippen molar-refractivity contribution in [1.29, 1.82) is 0 Å². The Hall–Kier alpha value is -1.19. The van der Waals surface area contributed by atoms with Crippen LogP contribution in [0.1, 0.15) is 24.1 Å². The third-order valence-corrected chi connectivity index (χ3v) is 3.53. The molecule has 0 aliphatic rings. The molecule has 17 heavy (non-hydrogen) atoms. The highest BCUT2D eigenvalue weighted by atomic mass is 32.1. The van der Waals surface area contributed by atoms with Crippen LogP contribution in [0.4, 0.5) is 4.39 Å². The largest absolute Gasteiger partial charge is 0.310 e. The van der Waals surface area contributed by atoms with Crippen LogP contribution in [-0.2, 0) is 6.42 Å². The van der Waals surface area contributed by atoms with Gasteiger partial charge in [-0.1, -0.05) is 12.1 Å². The Labute approximate surface area is 105 Å². The summed E-state index contributed by atoms with van der Waals surface area (Å²) >= 11 is 1.72. The predicted molar refractivity (Wildman–Crippen MR) is 70.8 cm³/mol. The first-order valence-corrected chi connectivity index (χ1v) is 6.70. The molecule has 90 valence electrons. The molecule has 1 heterocycles. The van der Waals surface area contributed by atoms with Crippen molar-refractivity contribution in [2.75, 3.05) is 6.54 Å². The first kappa shape index (κ1) is 12.3. The van der Waals surface area contributed by atoms with Crippen molar-refractivity contribution in [3.8, 4) is 0 Å². The lowest BCUT2D eigenvalue weighted by molar-refractivity contribution is 0.567. The van der Waals surface area contributed by atoms with Crippen LogP contribution >= 0.6 is 11.3 Å². The normalized spacial score (nSPS) is 12.6. The molecule has 0 amide bonds. The second kappa shape index (κ2) is 5.94. The van der Waals surface area contributed by atoms with E-state index in [-0.39, 0.29) is 11.9 Å². The van der Waals surface area contributed by atoms with E-state index in [2.05, 4.69) is 29.1 Å². The fraction of sp³-hybridized carbons (Fsp3) is 0.286. The molecular formula is C14H16FNS. The molecule has 1 N–H and O–H groups in total. The lowest BCUT2D eigenvalue weighted by Gasteiger charge is -2.13. The van der Waals surface area contributed by atoms with Gasteiger partial charge in [-0.05, 0) is 60.0 Å². The van der Waals surface area contributed by atoms with Crippen molar-refractivity contribution < 1.29 is 4.39 Å². The molecule has 0 spiro atoms. The monoisotopic (exact) mass is 249 g/mol. The van der Waals surface area contributed by atoms with Crippen LogP contribution in [0, 0.1) is 5.82 Å².